The van der Waals surface area contributed by atoms with Gasteiger partial charge >= 0.3 is 5.97 Å². The summed E-state index contributed by atoms with van der Waals surface area (Å²) in [7, 11) is -2.75. The van der Waals surface area contributed by atoms with Gasteiger partial charge in [-0.05, 0) is 18.2 Å². The average Bonchev–Trinajstić information content (AvgIpc) is 2.80. The fourth-order valence-corrected chi connectivity index (χ4v) is 2.88. The van der Waals surface area contributed by atoms with E-state index in [-0.39, 0.29) is 24.2 Å². The number of amides is 1. The molecule has 2 rings (SSSR count). The molecular weight excluding hydrogens is 303 g/mol. The number of carbonyl (C=O) groups excluding carboxylic acids is 2. The summed E-state index contributed by atoms with van der Waals surface area (Å²) in [5.41, 5.74) is -0.0553. The van der Waals surface area contributed by atoms with Gasteiger partial charge in [-0.1, -0.05) is 0 Å². The molecule has 1 unspecified atom stereocenters. The zero-order valence-corrected chi connectivity index (χ0v) is 11.9. The molecule has 1 heterocycles. The van der Waals surface area contributed by atoms with Crippen molar-refractivity contribution < 1.29 is 27.1 Å². The second kappa shape index (κ2) is 5.41. The minimum absolute atomic E-state index is 0.0967. The number of halogens is 1. The average molecular weight is 316 g/mol. The Bertz CT molecular complexity index is 704. The van der Waals surface area contributed by atoms with Gasteiger partial charge in [0.05, 0.1) is 18.4 Å². The van der Waals surface area contributed by atoms with E-state index in [1.165, 1.54) is 6.07 Å². The van der Waals surface area contributed by atoms with Crippen LogP contribution in [-0.4, -0.2) is 39.2 Å². The normalized spacial score (nSPS) is 18.9. The molecule has 1 aliphatic heterocycles. The maximum Gasteiger partial charge on any atom is 0.340 e. The van der Waals surface area contributed by atoms with Crippen LogP contribution in [0, 0.1) is 5.82 Å². The van der Waals surface area contributed by atoms with Crippen molar-refractivity contribution in [2.24, 2.45) is 5.14 Å². The highest BCUT2D eigenvalue weighted by molar-refractivity contribution is 7.89. The van der Waals surface area contributed by atoms with Gasteiger partial charge in [0, 0.05) is 13.0 Å². The van der Waals surface area contributed by atoms with Crippen molar-refractivity contribution in [1.29, 1.82) is 0 Å². The standard InChI is InChI=1S/C12H13FN2O5S/c1-20-12(17)9-4-7(13)2-3-10(9)15-6-8(5-11(15)16)21(14,18)19/h2-4,8H,5-6H2,1H3,(H2,14,18,19). The predicted octanol–water partition coefficient (Wildman–Crippen LogP) is 0.00610. The Kier molecular flexibility index (Phi) is 3.97. The number of sulfonamides is 1. The maximum absolute atomic E-state index is 13.3. The Morgan fingerprint density at radius 3 is 2.67 bits per heavy atom. The number of rotatable bonds is 3. The molecule has 1 saturated heterocycles. The topological polar surface area (TPSA) is 107 Å². The van der Waals surface area contributed by atoms with Crippen molar-refractivity contribution in [2.45, 2.75) is 11.7 Å². The van der Waals surface area contributed by atoms with Gasteiger partial charge in [0.1, 0.15) is 11.1 Å². The molecule has 1 aromatic rings. The maximum atomic E-state index is 13.3. The van der Waals surface area contributed by atoms with E-state index in [4.69, 9.17) is 5.14 Å². The van der Waals surface area contributed by atoms with Crippen molar-refractivity contribution in [3.05, 3.63) is 29.6 Å². The van der Waals surface area contributed by atoms with Crippen molar-refractivity contribution in [2.75, 3.05) is 18.6 Å². The summed E-state index contributed by atoms with van der Waals surface area (Å²) >= 11 is 0. The van der Waals surface area contributed by atoms with Crippen molar-refractivity contribution in [3.63, 3.8) is 0 Å². The number of nitrogens with two attached hydrogens (primary N) is 1. The first-order chi connectivity index (χ1) is 9.74. The van der Waals surface area contributed by atoms with Gasteiger partial charge in [-0.25, -0.2) is 22.7 Å². The molecule has 0 aromatic heterocycles. The van der Waals surface area contributed by atoms with Gasteiger partial charge in [0.25, 0.3) is 0 Å². The summed E-state index contributed by atoms with van der Waals surface area (Å²) in [6.45, 7) is -0.187. The lowest BCUT2D eigenvalue weighted by Gasteiger charge is -2.19. The fourth-order valence-electron chi connectivity index (χ4n) is 2.14. The number of ether oxygens (including phenoxy) is 1. The third kappa shape index (κ3) is 3.03. The van der Waals surface area contributed by atoms with Crippen molar-refractivity contribution in [1.82, 2.24) is 0 Å². The van der Waals surface area contributed by atoms with Gasteiger partial charge in [-0.3, -0.25) is 4.79 Å². The van der Waals surface area contributed by atoms with Gasteiger partial charge in [0.15, 0.2) is 0 Å². The van der Waals surface area contributed by atoms with Crippen LogP contribution in [0.4, 0.5) is 10.1 Å². The number of anilines is 1. The summed E-state index contributed by atoms with van der Waals surface area (Å²) in [6, 6.07) is 3.23. The molecule has 2 N–H and O–H groups in total. The Morgan fingerprint density at radius 2 is 2.14 bits per heavy atom. The number of methoxy groups -OCH3 is 1. The van der Waals surface area contributed by atoms with E-state index in [1.54, 1.807) is 0 Å². The van der Waals surface area contributed by atoms with E-state index in [1.807, 2.05) is 0 Å². The zero-order valence-electron chi connectivity index (χ0n) is 11.1. The number of hydrogen-bond donors (Lipinski definition) is 1. The Morgan fingerprint density at radius 1 is 1.48 bits per heavy atom. The second-order valence-corrected chi connectivity index (χ2v) is 6.42. The Labute approximate surface area is 120 Å². The lowest BCUT2D eigenvalue weighted by Crippen LogP contribution is -2.32. The third-order valence-electron chi connectivity index (χ3n) is 3.21. The van der Waals surface area contributed by atoms with Crippen molar-refractivity contribution in [3.8, 4) is 0 Å². The molecule has 7 nitrogen and oxygen atoms in total. The van der Waals surface area contributed by atoms with E-state index in [0.717, 1.165) is 24.1 Å². The zero-order chi connectivity index (χ0) is 15.8. The first-order valence-electron chi connectivity index (χ1n) is 5.94. The molecule has 1 aromatic carbocycles. The summed E-state index contributed by atoms with van der Waals surface area (Å²) in [4.78, 5) is 24.7. The van der Waals surface area contributed by atoms with E-state index in [0.29, 0.717) is 0 Å². The van der Waals surface area contributed by atoms with Crippen LogP contribution < -0.4 is 10.0 Å². The molecule has 0 saturated carbocycles. The van der Waals surface area contributed by atoms with Gasteiger partial charge in [-0.15, -0.1) is 0 Å². The SMILES string of the molecule is COC(=O)c1cc(F)ccc1N1CC(S(N)(=O)=O)CC1=O. The highest BCUT2D eigenvalue weighted by Gasteiger charge is 2.38. The number of primary sulfonamides is 1. The van der Waals surface area contributed by atoms with Crippen molar-refractivity contribution >= 4 is 27.6 Å². The molecule has 21 heavy (non-hydrogen) atoms. The van der Waals surface area contributed by atoms with Crippen LogP contribution >= 0.6 is 0 Å². The summed E-state index contributed by atoms with van der Waals surface area (Å²) in [5.74, 6) is -2.00. The van der Waals surface area contributed by atoms with Gasteiger partial charge in [0.2, 0.25) is 15.9 Å². The van der Waals surface area contributed by atoms with Crippen LogP contribution in [0.5, 0.6) is 0 Å². The highest BCUT2D eigenvalue weighted by atomic mass is 32.2. The molecule has 1 aliphatic rings. The summed E-state index contributed by atoms with van der Waals surface area (Å²) in [6.07, 6.45) is -0.281. The summed E-state index contributed by atoms with van der Waals surface area (Å²) in [5, 5.41) is 3.98. The predicted molar refractivity (Wildman–Crippen MR) is 71.6 cm³/mol. The lowest BCUT2D eigenvalue weighted by atomic mass is 10.1. The van der Waals surface area contributed by atoms with E-state index in [2.05, 4.69) is 4.74 Å². The molecule has 0 aliphatic carbocycles. The molecule has 1 fully saturated rings. The molecule has 0 radical (unpaired) electrons. The molecule has 1 atom stereocenters. The third-order valence-corrected chi connectivity index (χ3v) is 4.45. The Balaban J connectivity index is 2.43. The van der Waals surface area contributed by atoms with E-state index < -0.39 is 33.0 Å². The van der Waals surface area contributed by atoms with Gasteiger partial charge < -0.3 is 9.64 Å². The van der Waals surface area contributed by atoms with E-state index >= 15 is 0 Å². The molecule has 0 bridgehead atoms. The number of nitrogens with zero attached hydrogens (tertiary/aromatic N) is 1. The van der Waals surface area contributed by atoms with Crippen LogP contribution in [-0.2, 0) is 19.6 Å². The van der Waals surface area contributed by atoms with Gasteiger partial charge in [-0.2, -0.15) is 0 Å². The smallest absolute Gasteiger partial charge is 0.340 e. The Hall–Kier alpha value is -2.00. The first-order valence-corrected chi connectivity index (χ1v) is 7.55. The second-order valence-electron chi connectivity index (χ2n) is 4.57. The number of hydrogen-bond acceptors (Lipinski definition) is 5. The van der Waals surface area contributed by atoms with Crippen LogP contribution in [0.1, 0.15) is 16.8 Å². The highest BCUT2D eigenvalue weighted by Crippen LogP contribution is 2.28. The van der Waals surface area contributed by atoms with Crippen LogP contribution in [0.15, 0.2) is 18.2 Å². The quantitative estimate of drug-likeness (QED) is 0.790. The summed E-state index contributed by atoms with van der Waals surface area (Å²) < 4.78 is 40.5. The van der Waals surface area contributed by atoms with Crippen LogP contribution in [0.3, 0.4) is 0 Å². The first kappa shape index (κ1) is 15.4. The van der Waals surface area contributed by atoms with Crippen LogP contribution in [0.2, 0.25) is 0 Å². The minimum atomic E-state index is -3.88. The lowest BCUT2D eigenvalue weighted by molar-refractivity contribution is -0.117. The minimum Gasteiger partial charge on any atom is -0.465 e. The fraction of sp³-hybridized carbons (Fsp3) is 0.333. The largest absolute Gasteiger partial charge is 0.465 e. The molecule has 9 heteroatoms. The molecular formula is C12H13FN2O5S. The van der Waals surface area contributed by atoms with E-state index in [9.17, 15) is 22.4 Å². The number of benzene rings is 1. The van der Waals surface area contributed by atoms with Crippen LogP contribution in [0.25, 0.3) is 0 Å². The molecule has 114 valence electrons. The monoisotopic (exact) mass is 316 g/mol. The number of carbonyl (C=O) groups is 2. The number of esters is 1. The molecule has 1 amide bonds. The molecule has 0 spiro atoms.